The van der Waals surface area contributed by atoms with E-state index in [9.17, 15) is 9.18 Å². The Morgan fingerprint density at radius 3 is 2.50 bits per heavy atom. The van der Waals surface area contributed by atoms with Crippen LogP contribution in [0.5, 0.6) is 5.88 Å². The van der Waals surface area contributed by atoms with Crippen LogP contribution in [0.4, 0.5) is 10.3 Å². The molecule has 0 N–H and O–H groups in total. The van der Waals surface area contributed by atoms with E-state index in [0.717, 1.165) is 5.69 Å². The van der Waals surface area contributed by atoms with Crippen molar-refractivity contribution in [2.75, 3.05) is 37.7 Å². The van der Waals surface area contributed by atoms with Crippen molar-refractivity contribution in [3.05, 3.63) is 53.1 Å². The van der Waals surface area contributed by atoms with E-state index in [1.165, 1.54) is 12.1 Å². The van der Waals surface area contributed by atoms with E-state index in [-0.39, 0.29) is 11.7 Å². The summed E-state index contributed by atoms with van der Waals surface area (Å²) in [6.45, 7) is 8.52. The molecule has 1 amide bonds. The zero-order valence-corrected chi connectivity index (χ0v) is 17.4. The summed E-state index contributed by atoms with van der Waals surface area (Å²) in [5.41, 5.74) is 2.57. The minimum atomic E-state index is -0.364. The molecule has 1 saturated heterocycles. The van der Waals surface area contributed by atoms with Crippen molar-refractivity contribution in [3.63, 3.8) is 0 Å². The lowest BCUT2D eigenvalue weighted by atomic mass is 10.1. The number of halogens is 1. The van der Waals surface area contributed by atoms with Crippen molar-refractivity contribution in [1.29, 1.82) is 0 Å². The van der Waals surface area contributed by atoms with Crippen LogP contribution in [0.15, 0.2) is 30.3 Å². The van der Waals surface area contributed by atoms with Gasteiger partial charge in [0.05, 0.1) is 17.7 Å². The third-order valence-electron chi connectivity index (χ3n) is 5.09. The highest BCUT2D eigenvalue weighted by Crippen LogP contribution is 2.23. The van der Waals surface area contributed by atoms with Gasteiger partial charge in [-0.2, -0.15) is 4.98 Å². The molecule has 1 fully saturated rings. The molecule has 3 aromatic rings. The Bertz CT molecular complexity index is 1090. The van der Waals surface area contributed by atoms with Crippen LogP contribution in [0.2, 0.25) is 0 Å². The van der Waals surface area contributed by atoms with Crippen molar-refractivity contribution in [1.82, 2.24) is 19.9 Å². The highest BCUT2D eigenvalue weighted by Gasteiger charge is 2.25. The molecule has 8 heteroatoms. The van der Waals surface area contributed by atoms with Gasteiger partial charge >= 0.3 is 0 Å². The number of anilines is 1. The highest BCUT2D eigenvalue weighted by molar-refractivity contribution is 6.06. The molecule has 7 nitrogen and oxygen atoms in total. The first-order chi connectivity index (χ1) is 14.4. The van der Waals surface area contributed by atoms with Gasteiger partial charge in [0.15, 0.2) is 0 Å². The van der Waals surface area contributed by atoms with E-state index in [2.05, 4.69) is 19.9 Å². The Morgan fingerprint density at radius 1 is 1.03 bits per heavy atom. The van der Waals surface area contributed by atoms with Crippen molar-refractivity contribution in [3.8, 4) is 5.88 Å². The fourth-order valence-corrected chi connectivity index (χ4v) is 3.68. The monoisotopic (exact) mass is 409 g/mol. The molecule has 1 aliphatic rings. The molecule has 1 aliphatic heterocycles. The first-order valence-corrected chi connectivity index (χ1v) is 10.0. The molecule has 0 aliphatic carbocycles. The van der Waals surface area contributed by atoms with E-state index in [1.807, 2.05) is 31.7 Å². The number of fused-ring (bicyclic) bond motifs is 1. The molecule has 4 rings (SSSR count). The summed E-state index contributed by atoms with van der Waals surface area (Å²) < 4.78 is 19.1. The molecule has 30 heavy (non-hydrogen) atoms. The molecular formula is C22H24FN5O2. The highest BCUT2D eigenvalue weighted by atomic mass is 19.1. The molecule has 0 unspecified atom stereocenters. The quantitative estimate of drug-likeness (QED) is 0.659. The standard InChI is InChI=1S/C22H24FN5O2/c1-4-30-20-12-15(3)25-22(26-20)28-9-7-27(8-10-28)21(29)18-11-14(2)24-19-13-16(23)5-6-17(18)19/h5-6,11-13H,4,7-10H2,1-3H3. The number of aryl methyl sites for hydroxylation is 2. The zero-order chi connectivity index (χ0) is 21.3. The van der Waals surface area contributed by atoms with Gasteiger partial charge in [0.25, 0.3) is 5.91 Å². The Hall–Kier alpha value is -3.29. The third kappa shape index (κ3) is 4.03. The number of rotatable bonds is 4. The van der Waals surface area contributed by atoms with E-state index in [1.54, 1.807) is 12.1 Å². The third-order valence-corrected chi connectivity index (χ3v) is 5.09. The zero-order valence-electron chi connectivity index (χ0n) is 17.4. The summed E-state index contributed by atoms with van der Waals surface area (Å²) in [7, 11) is 0. The van der Waals surface area contributed by atoms with E-state index < -0.39 is 0 Å². The average Bonchev–Trinajstić information content (AvgIpc) is 2.72. The van der Waals surface area contributed by atoms with Crippen molar-refractivity contribution >= 4 is 22.8 Å². The summed E-state index contributed by atoms with van der Waals surface area (Å²) in [5.74, 6) is 0.741. The van der Waals surface area contributed by atoms with Gasteiger partial charge in [-0.05, 0) is 39.0 Å². The fourth-order valence-electron chi connectivity index (χ4n) is 3.68. The lowest BCUT2D eigenvalue weighted by molar-refractivity contribution is 0.0748. The first kappa shape index (κ1) is 20.0. The van der Waals surface area contributed by atoms with Gasteiger partial charge in [-0.25, -0.2) is 9.37 Å². The number of aromatic nitrogens is 3. The van der Waals surface area contributed by atoms with Gasteiger partial charge in [0.1, 0.15) is 5.82 Å². The second-order valence-corrected chi connectivity index (χ2v) is 7.33. The maximum atomic E-state index is 13.6. The second-order valence-electron chi connectivity index (χ2n) is 7.33. The summed E-state index contributed by atoms with van der Waals surface area (Å²) in [4.78, 5) is 30.5. The van der Waals surface area contributed by atoms with Gasteiger partial charge in [-0.1, -0.05) is 0 Å². The molecule has 0 radical (unpaired) electrons. The van der Waals surface area contributed by atoms with E-state index in [0.29, 0.717) is 66.8 Å². The van der Waals surface area contributed by atoms with Gasteiger partial charge in [-0.3, -0.25) is 9.78 Å². The number of piperazine rings is 1. The first-order valence-electron chi connectivity index (χ1n) is 10.0. The Morgan fingerprint density at radius 2 is 1.77 bits per heavy atom. The van der Waals surface area contributed by atoms with E-state index in [4.69, 9.17) is 4.74 Å². The van der Waals surface area contributed by atoms with Crippen LogP contribution >= 0.6 is 0 Å². The molecule has 156 valence electrons. The van der Waals surface area contributed by atoms with Gasteiger partial charge in [0, 0.05) is 55.1 Å². The lowest BCUT2D eigenvalue weighted by Gasteiger charge is -2.35. The predicted molar refractivity (Wildman–Crippen MR) is 112 cm³/mol. The largest absolute Gasteiger partial charge is 0.478 e. The van der Waals surface area contributed by atoms with Gasteiger partial charge < -0.3 is 14.5 Å². The average molecular weight is 409 g/mol. The minimum Gasteiger partial charge on any atom is -0.478 e. The van der Waals surface area contributed by atoms with Crippen molar-refractivity contribution in [2.24, 2.45) is 0 Å². The number of carbonyl (C=O) groups is 1. The summed E-state index contributed by atoms with van der Waals surface area (Å²) in [6, 6.07) is 7.93. The molecular weight excluding hydrogens is 385 g/mol. The molecule has 0 atom stereocenters. The Balaban J connectivity index is 1.52. The second kappa shape index (κ2) is 8.22. The normalized spacial score (nSPS) is 14.3. The van der Waals surface area contributed by atoms with Gasteiger partial charge in [-0.15, -0.1) is 0 Å². The molecule has 2 aromatic heterocycles. The Kier molecular flexibility index (Phi) is 5.48. The van der Waals surface area contributed by atoms with Crippen molar-refractivity contribution < 1.29 is 13.9 Å². The van der Waals surface area contributed by atoms with Crippen molar-refractivity contribution in [2.45, 2.75) is 20.8 Å². The predicted octanol–water partition coefficient (Wildman–Crippen LogP) is 3.14. The summed E-state index contributed by atoms with van der Waals surface area (Å²) in [5, 5.41) is 0.665. The Labute approximate surface area is 174 Å². The summed E-state index contributed by atoms with van der Waals surface area (Å²) >= 11 is 0. The van der Waals surface area contributed by atoms with Crippen LogP contribution in [-0.4, -0.2) is 58.5 Å². The number of amides is 1. The topological polar surface area (TPSA) is 71.5 Å². The lowest BCUT2D eigenvalue weighted by Crippen LogP contribution is -2.49. The summed E-state index contributed by atoms with van der Waals surface area (Å²) in [6.07, 6.45) is 0. The fraction of sp³-hybridized carbons (Fsp3) is 0.364. The molecule has 0 spiro atoms. The number of carbonyl (C=O) groups excluding carboxylic acids is 1. The number of hydrogen-bond acceptors (Lipinski definition) is 6. The molecule has 0 saturated carbocycles. The van der Waals surface area contributed by atoms with Crippen LogP contribution in [0.1, 0.15) is 28.7 Å². The van der Waals surface area contributed by atoms with Gasteiger partial charge in [0.2, 0.25) is 11.8 Å². The SMILES string of the molecule is CCOc1cc(C)nc(N2CCN(C(=O)c3cc(C)nc4cc(F)ccc34)CC2)n1. The number of nitrogens with zero attached hydrogens (tertiary/aromatic N) is 5. The van der Waals surface area contributed by atoms with Crippen LogP contribution in [0, 0.1) is 19.7 Å². The smallest absolute Gasteiger partial charge is 0.254 e. The molecule has 0 bridgehead atoms. The van der Waals surface area contributed by atoms with Crippen LogP contribution in [0.25, 0.3) is 10.9 Å². The minimum absolute atomic E-state index is 0.0723. The number of ether oxygens (including phenoxy) is 1. The van der Waals surface area contributed by atoms with Crippen LogP contribution in [0.3, 0.4) is 0 Å². The molecule has 1 aromatic carbocycles. The number of hydrogen-bond donors (Lipinski definition) is 0. The van der Waals surface area contributed by atoms with E-state index >= 15 is 0 Å². The maximum absolute atomic E-state index is 13.6. The maximum Gasteiger partial charge on any atom is 0.254 e. The number of pyridine rings is 1. The number of benzene rings is 1. The van der Waals surface area contributed by atoms with Crippen LogP contribution in [-0.2, 0) is 0 Å². The van der Waals surface area contributed by atoms with Crippen LogP contribution < -0.4 is 9.64 Å². The molecule has 3 heterocycles.